The van der Waals surface area contributed by atoms with Gasteiger partial charge in [0.15, 0.2) is 0 Å². The first kappa shape index (κ1) is 23.0. The van der Waals surface area contributed by atoms with Crippen LogP contribution < -0.4 is 0 Å². The number of hydrogen-bond donors (Lipinski definition) is 1. The summed E-state index contributed by atoms with van der Waals surface area (Å²) in [6.07, 6.45) is -1.72. The average Bonchev–Trinajstić information content (AvgIpc) is 2.72. The summed E-state index contributed by atoms with van der Waals surface area (Å²) in [7, 11) is 0. The molecule has 1 N–H and O–H groups in total. The van der Waals surface area contributed by atoms with Gasteiger partial charge in [-0.3, -0.25) is 0 Å². The number of halogens is 2. The van der Waals surface area contributed by atoms with Gasteiger partial charge in [0.05, 0.1) is 11.1 Å². The molecule has 8 heteroatoms. The van der Waals surface area contributed by atoms with Crippen molar-refractivity contribution in [3.8, 4) is 0 Å². The van der Waals surface area contributed by atoms with Crippen LogP contribution in [0, 0.1) is 0 Å². The van der Waals surface area contributed by atoms with E-state index >= 15 is 0 Å². The summed E-state index contributed by atoms with van der Waals surface area (Å²) in [6, 6.07) is 11.9. The molecule has 0 spiro atoms. The van der Waals surface area contributed by atoms with E-state index in [1.165, 1.54) is 48.5 Å². The molecule has 6 nitrogen and oxygen atoms in total. The highest BCUT2D eigenvalue weighted by atomic mass is 19.3. The molecule has 30 heavy (non-hydrogen) atoms. The van der Waals surface area contributed by atoms with Gasteiger partial charge in [-0.05, 0) is 50.1 Å². The molecule has 0 aliphatic carbocycles. The molecule has 0 saturated heterocycles. The normalized spacial score (nSPS) is 12.7. The number of alkyl halides is 2. The highest BCUT2D eigenvalue weighted by molar-refractivity contribution is 5.93. The second-order valence-corrected chi connectivity index (χ2v) is 7.20. The Morgan fingerprint density at radius 2 is 1.43 bits per heavy atom. The van der Waals surface area contributed by atoms with Crippen molar-refractivity contribution in [2.45, 2.75) is 44.8 Å². The molecule has 0 radical (unpaired) electrons. The first-order valence-electron chi connectivity index (χ1n) is 9.18. The molecule has 0 bridgehead atoms. The number of benzene rings is 2. The van der Waals surface area contributed by atoms with Crippen molar-refractivity contribution in [3.63, 3.8) is 0 Å². The summed E-state index contributed by atoms with van der Waals surface area (Å²) in [4.78, 5) is 35.6. The van der Waals surface area contributed by atoms with Crippen LogP contribution in [0.25, 0.3) is 0 Å². The molecule has 0 heterocycles. The van der Waals surface area contributed by atoms with Crippen molar-refractivity contribution < 1.29 is 37.7 Å². The lowest BCUT2D eigenvalue weighted by Gasteiger charge is -2.24. The Hall–Kier alpha value is -3.29. The fourth-order valence-corrected chi connectivity index (χ4v) is 2.39. The molecule has 0 fully saturated rings. The van der Waals surface area contributed by atoms with Crippen molar-refractivity contribution in [2.75, 3.05) is 0 Å². The van der Waals surface area contributed by atoms with Crippen LogP contribution in [0.4, 0.5) is 8.78 Å². The largest absolute Gasteiger partial charge is 0.477 e. The minimum atomic E-state index is -4.34. The Bertz CT molecular complexity index is 907. The number of carbonyl (C=O) groups excluding carboxylic acids is 2. The second kappa shape index (κ2) is 9.02. The van der Waals surface area contributed by atoms with Crippen LogP contribution in [0.2, 0.25) is 0 Å². The smallest absolute Gasteiger partial charge is 0.382 e. The van der Waals surface area contributed by atoms with Gasteiger partial charge in [0, 0.05) is 0 Å². The molecule has 160 valence electrons. The standard InChI is InChI=1S/C22H22F2O6/c1-4-21(2,3)30-19(26)16-12-10-15(11-13-16)18(25)29-17(22(23,24)20(27)28)14-8-6-5-7-9-14/h5-13,17H,4H2,1-3H3,(H,27,28). The Balaban J connectivity index is 2.22. The molecule has 2 aromatic rings. The van der Waals surface area contributed by atoms with Crippen LogP contribution in [-0.2, 0) is 14.3 Å². The van der Waals surface area contributed by atoms with Crippen LogP contribution >= 0.6 is 0 Å². The zero-order valence-electron chi connectivity index (χ0n) is 16.7. The van der Waals surface area contributed by atoms with Gasteiger partial charge in [-0.15, -0.1) is 0 Å². The van der Waals surface area contributed by atoms with E-state index in [2.05, 4.69) is 0 Å². The molecule has 0 saturated carbocycles. The van der Waals surface area contributed by atoms with E-state index in [1.807, 2.05) is 6.92 Å². The molecule has 0 amide bonds. The highest BCUT2D eigenvalue weighted by Crippen LogP contribution is 2.35. The zero-order chi connectivity index (χ0) is 22.5. The van der Waals surface area contributed by atoms with E-state index in [4.69, 9.17) is 14.6 Å². The first-order valence-corrected chi connectivity index (χ1v) is 9.18. The van der Waals surface area contributed by atoms with Crippen molar-refractivity contribution in [2.24, 2.45) is 0 Å². The lowest BCUT2D eigenvalue weighted by atomic mass is 10.0. The van der Waals surface area contributed by atoms with Crippen molar-refractivity contribution in [1.82, 2.24) is 0 Å². The number of carbonyl (C=O) groups is 3. The fraction of sp³-hybridized carbons (Fsp3) is 0.318. The number of aliphatic carboxylic acids is 1. The Morgan fingerprint density at radius 1 is 0.933 bits per heavy atom. The van der Waals surface area contributed by atoms with Gasteiger partial charge in [0.2, 0.25) is 6.10 Å². The van der Waals surface area contributed by atoms with Crippen molar-refractivity contribution >= 4 is 17.9 Å². The third-order valence-corrected chi connectivity index (χ3v) is 4.52. The van der Waals surface area contributed by atoms with Gasteiger partial charge < -0.3 is 14.6 Å². The van der Waals surface area contributed by atoms with Gasteiger partial charge in [0.1, 0.15) is 5.60 Å². The van der Waals surface area contributed by atoms with Gasteiger partial charge >= 0.3 is 23.8 Å². The highest BCUT2D eigenvalue weighted by Gasteiger charge is 2.51. The lowest BCUT2D eigenvalue weighted by molar-refractivity contribution is -0.183. The Kier molecular flexibility index (Phi) is 6.92. The molecular formula is C22H22F2O6. The topological polar surface area (TPSA) is 89.9 Å². The molecular weight excluding hydrogens is 398 g/mol. The van der Waals surface area contributed by atoms with Gasteiger partial charge in [-0.1, -0.05) is 37.3 Å². The number of rotatable bonds is 8. The molecule has 0 aliphatic heterocycles. The number of carboxylic acid groups (broad SMARTS) is 1. The summed E-state index contributed by atoms with van der Waals surface area (Å²) in [5.41, 5.74) is -0.785. The molecule has 2 rings (SSSR count). The number of hydrogen-bond acceptors (Lipinski definition) is 5. The number of ether oxygens (including phenoxy) is 2. The maximum atomic E-state index is 14.2. The van der Waals surface area contributed by atoms with Crippen LogP contribution in [0.3, 0.4) is 0 Å². The van der Waals surface area contributed by atoms with Gasteiger partial charge in [0.25, 0.3) is 0 Å². The van der Waals surface area contributed by atoms with E-state index < -0.39 is 35.5 Å². The van der Waals surface area contributed by atoms with Gasteiger partial charge in [-0.2, -0.15) is 8.78 Å². The van der Waals surface area contributed by atoms with E-state index in [0.717, 1.165) is 0 Å². The average molecular weight is 420 g/mol. The second-order valence-electron chi connectivity index (χ2n) is 7.20. The quantitative estimate of drug-likeness (QED) is 0.625. The Morgan fingerprint density at radius 3 is 1.90 bits per heavy atom. The molecule has 1 unspecified atom stereocenters. The van der Waals surface area contributed by atoms with Crippen molar-refractivity contribution in [3.05, 3.63) is 71.3 Å². The van der Waals surface area contributed by atoms with E-state index in [-0.39, 0.29) is 16.7 Å². The fourth-order valence-electron chi connectivity index (χ4n) is 2.39. The summed E-state index contributed by atoms with van der Waals surface area (Å²) >= 11 is 0. The Labute approximate surface area is 172 Å². The minimum Gasteiger partial charge on any atom is -0.477 e. The van der Waals surface area contributed by atoms with E-state index in [1.54, 1.807) is 19.9 Å². The van der Waals surface area contributed by atoms with Crippen LogP contribution in [-0.4, -0.2) is 34.5 Å². The van der Waals surface area contributed by atoms with Crippen molar-refractivity contribution in [1.29, 1.82) is 0 Å². The predicted molar refractivity (Wildman–Crippen MR) is 103 cm³/mol. The van der Waals surface area contributed by atoms with Crippen LogP contribution in [0.15, 0.2) is 54.6 Å². The maximum Gasteiger partial charge on any atom is 0.382 e. The zero-order valence-corrected chi connectivity index (χ0v) is 16.7. The molecule has 0 aliphatic rings. The summed E-state index contributed by atoms with van der Waals surface area (Å²) in [6.45, 7) is 5.37. The minimum absolute atomic E-state index is 0.122. The van der Waals surface area contributed by atoms with Gasteiger partial charge in [-0.25, -0.2) is 14.4 Å². The third-order valence-electron chi connectivity index (χ3n) is 4.52. The lowest BCUT2D eigenvalue weighted by Crippen LogP contribution is -2.38. The van der Waals surface area contributed by atoms with E-state index in [9.17, 15) is 23.2 Å². The van der Waals surface area contributed by atoms with Crippen LogP contribution in [0.1, 0.15) is 59.6 Å². The molecule has 0 aromatic heterocycles. The predicted octanol–water partition coefficient (Wildman–Crippen LogP) is 4.65. The summed E-state index contributed by atoms with van der Waals surface area (Å²) < 4.78 is 38.6. The number of esters is 2. The third kappa shape index (κ3) is 5.40. The number of carboxylic acids is 1. The molecule has 2 aromatic carbocycles. The summed E-state index contributed by atoms with van der Waals surface area (Å²) in [5.74, 6) is -8.51. The first-order chi connectivity index (χ1) is 14.0. The van der Waals surface area contributed by atoms with E-state index in [0.29, 0.717) is 6.42 Å². The maximum absolute atomic E-state index is 14.2. The molecule has 1 atom stereocenters. The monoisotopic (exact) mass is 420 g/mol. The SMILES string of the molecule is CCC(C)(C)OC(=O)c1ccc(C(=O)OC(c2ccccc2)C(F)(F)C(=O)O)cc1. The summed E-state index contributed by atoms with van der Waals surface area (Å²) in [5, 5.41) is 8.87. The van der Waals surface area contributed by atoms with Crippen LogP contribution in [0.5, 0.6) is 0 Å².